The third kappa shape index (κ3) is 3.84. The van der Waals surface area contributed by atoms with Crippen molar-refractivity contribution in [2.75, 3.05) is 0 Å². The number of rotatable bonds is 6. The van der Waals surface area contributed by atoms with Gasteiger partial charge in [0.1, 0.15) is 19.8 Å². The summed E-state index contributed by atoms with van der Waals surface area (Å²) < 4.78 is 6.25. The highest BCUT2D eigenvalue weighted by Gasteiger charge is 2.51. The quantitative estimate of drug-likeness (QED) is 0.295. The molecule has 1 atom stereocenters. The normalized spacial score (nSPS) is 12.4. The van der Waals surface area contributed by atoms with Crippen molar-refractivity contribution in [2.24, 2.45) is 0 Å². The van der Waals surface area contributed by atoms with Gasteiger partial charge in [0.05, 0.1) is 0 Å². The van der Waals surface area contributed by atoms with Crippen molar-refractivity contribution in [1.29, 1.82) is 0 Å². The predicted molar refractivity (Wildman–Crippen MR) is 119 cm³/mol. The van der Waals surface area contributed by atoms with Crippen LogP contribution in [0.2, 0.25) is 0 Å². The Morgan fingerprint density at radius 2 is 1.15 bits per heavy atom. The molecular formula is C22H21IO2P+. The van der Waals surface area contributed by atoms with Gasteiger partial charge < -0.3 is 0 Å². The van der Waals surface area contributed by atoms with Gasteiger partial charge in [0.2, 0.25) is 0 Å². The molecule has 0 heterocycles. The topological polar surface area (TPSA) is 26.3 Å². The molecule has 4 heteroatoms. The van der Waals surface area contributed by atoms with Crippen LogP contribution in [0.3, 0.4) is 0 Å². The standard InChI is InChI=1S/C22H21IO2P/c1-2-21(23)22(24)25-26(18-12-6-3-7-13-18,19-14-8-4-9-15-19)20-16-10-5-11-17-20/h3-17,21H,2H2,1H3/q+1. The van der Waals surface area contributed by atoms with E-state index >= 15 is 0 Å². The van der Waals surface area contributed by atoms with Gasteiger partial charge in [-0.3, -0.25) is 4.52 Å². The Labute approximate surface area is 169 Å². The van der Waals surface area contributed by atoms with Crippen molar-refractivity contribution in [3.05, 3.63) is 91.0 Å². The zero-order chi connectivity index (χ0) is 18.4. The van der Waals surface area contributed by atoms with E-state index in [0.29, 0.717) is 0 Å². The van der Waals surface area contributed by atoms with E-state index in [-0.39, 0.29) is 9.89 Å². The zero-order valence-electron chi connectivity index (χ0n) is 14.6. The van der Waals surface area contributed by atoms with Crippen LogP contribution >= 0.6 is 30.1 Å². The molecular weight excluding hydrogens is 454 g/mol. The van der Waals surface area contributed by atoms with Crippen LogP contribution in [0.25, 0.3) is 0 Å². The molecule has 0 aliphatic rings. The number of halogens is 1. The Bertz CT molecular complexity index is 741. The van der Waals surface area contributed by atoms with Crippen LogP contribution in [0, 0.1) is 0 Å². The van der Waals surface area contributed by atoms with E-state index in [2.05, 4.69) is 59.0 Å². The minimum absolute atomic E-state index is 0.155. The first kappa shape index (κ1) is 19.1. The molecule has 0 N–H and O–H groups in total. The summed E-state index contributed by atoms with van der Waals surface area (Å²) in [5, 5.41) is 3.14. The first-order chi connectivity index (χ1) is 12.7. The minimum atomic E-state index is -2.53. The van der Waals surface area contributed by atoms with Crippen molar-refractivity contribution >= 4 is 52.0 Å². The fourth-order valence-electron chi connectivity index (χ4n) is 2.88. The van der Waals surface area contributed by atoms with Gasteiger partial charge in [-0.05, 0) is 42.8 Å². The molecule has 3 aromatic rings. The highest BCUT2D eigenvalue weighted by molar-refractivity contribution is 14.1. The average Bonchev–Trinajstić information content (AvgIpc) is 2.73. The van der Waals surface area contributed by atoms with Crippen LogP contribution in [-0.2, 0) is 9.32 Å². The second-order valence-electron chi connectivity index (χ2n) is 5.90. The summed E-state index contributed by atoms with van der Waals surface area (Å²) in [5.74, 6) is -0.155. The van der Waals surface area contributed by atoms with Crippen LogP contribution in [0.1, 0.15) is 13.3 Å². The molecule has 0 fully saturated rings. The Balaban J connectivity index is 2.26. The lowest BCUT2D eigenvalue weighted by atomic mass is 10.3. The molecule has 0 bridgehead atoms. The molecule has 0 spiro atoms. The maximum atomic E-state index is 12.9. The van der Waals surface area contributed by atoms with Crippen LogP contribution < -0.4 is 15.9 Å². The van der Waals surface area contributed by atoms with Gasteiger partial charge >= 0.3 is 5.97 Å². The highest BCUT2D eigenvalue weighted by Crippen LogP contribution is 2.56. The minimum Gasteiger partial charge on any atom is -0.296 e. The lowest BCUT2D eigenvalue weighted by Gasteiger charge is -2.25. The van der Waals surface area contributed by atoms with E-state index in [1.807, 2.05) is 61.5 Å². The Morgan fingerprint density at radius 1 is 0.808 bits per heavy atom. The molecule has 0 amide bonds. The molecule has 0 saturated carbocycles. The third-order valence-corrected chi connectivity index (χ3v) is 9.12. The smallest absolute Gasteiger partial charge is 0.296 e. The monoisotopic (exact) mass is 475 g/mol. The molecule has 0 aliphatic carbocycles. The van der Waals surface area contributed by atoms with Crippen LogP contribution in [0.5, 0.6) is 0 Å². The number of carbonyl (C=O) groups is 1. The van der Waals surface area contributed by atoms with Gasteiger partial charge in [-0.2, -0.15) is 0 Å². The summed E-state index contributed by atoms with van der Waals surface area (Å²) in [6.07, 6.45) is 0.748. The molecule has 0 radical (unpaired) electrons. The van der Waals surface area contributed by atoms with Crippen molar-refractivity contribution in [3.63, 3.8) is 0 Å². The van der Waals surface area contributed by atoms with E-state index < -0.39 is 7.49 Å². The molecule has 1 unspecified atom stereocenters. The maximum Gasteiger partial charge on any atom is 0.364 e. The SMILES string of the molecule is CCC(I)C(=O)O[P+](c1ccccc1)(c1ccccc1)c1ccccc1. The summed E-state index contributed by atoms with van der Waals surface area (Å²) in [6.45, 7) is 2.01. The maximum absolute atomic E-state index is 12.9. The summed E-state index contributed by atoms with van der Waals surface area (Å²) in [7, 11) is -2.53. The molecule has 0 saturated heterocycles. The molecule has 26 heavy (non-hydrogen) atoms. The van der Waals surface area contributed by atoms with Gasteiger partial charge in [0, 0.05) is 0 Å². The van der Waals surface area contributed by atoms with Crippen LogP contribution in [-0.4, -0.2) is 9.89 Å². The van der Waals surface area contributed by atoms with Gasteiger partial charge in [0.15, 0.2) is 0 Å². The van der Waals surface area contributed by atoms with Gasteiger partial charge in [-0.1, -0.05) is 84.1 Å². The Morgan fingerprint density at radius 3 is 1.46 bits per heavy atom. The largest absolute Gasteiger partial charge is 0.364 e. The zero-order valence-corrected chi connectivity index (χ0v) is 17.6. The van der Waals surface area contributed by atoms with Gasteiger partial charge in [-0.15, -0.1) is 0 Å². The molecule has 132 valence electrons. The van der Waals surface area contributed by atoms with Crippen molar-refractivity contribution in [3.8, 4) is 0 Å². The Hall–Kier alpha value is -1.71. The number of carbonyl (C=O) groups excluding carboxylic acids is 1. The third-order valence-electron chi connectivity index (χ3n) is 4.20. The molecule has 2 nitrogen and oxygen atoms in total. The summed E-state index contributed by atoms with van der Waals surface area (Å²) in [4.78, 5) is 12.9. The van der Waals surface area contributed by atoms with E-state index in [1.165, 1.54) is 0 Å². The highest BCUT2D eigenvalue weighted by atomic mass is 127. The number of alkyl halides is 1. The second-order valence-corrected chi connectivity index (χ2v) is 10.4. The summed E-state index contributed by atoms with van der Waals surface area (Å²) >= 11 is 2.17. The molecule has 0 aliphatic heterocycles. The van der Waals surface area contributed by atoms with E-state index in [9.17, 15) is 4.79 Å². The van der Waals surface area contributed by atoms with Crippen LogP contribution in [0.15, 0.2) is 91.0 Å². The fourth-order valence-corrected chi connectivity index (χ4v) is 6.59. The molecule has 0 aromatic heterocycles. The van der Waals surface area contributed by atoms with Gasteiger partial charge in [0.25, 0.3) is 7.49 Å². The molecule has 3 aromatic carbocycles. The van der Waals surface area contributed by atoms with Gasteiger partial charge in [-0.25, -0.2) is 4.79 Å². The Kier molecular flexibility index (Phi) is 6.44. The second kappa shape index (κ2) is 8.79. The number of benzene rings is 3. The lowest BCUT2D eigenvalue weighted by molar-refractivity contribution is -0.132. The lowest BCUT2D eigenvalue weighted by Crippen LogP contribution is -2.35. The number of hydrogen-bond donors (Lipinski definition) is 0. The van der Waals surface area contributed by atoms with E-state index in [4.69, 9.17) is 4.52 Å². The van der Waals surface area contributed by atoms with E-state index in [0.717, 1.165) is 22.3 Å². The number of hydrogen-bond acceptors (Lipinski definition) is 2. The van der Waals surface area contributed by atoms with Crippen molar-refractivity contribution < 1.29 is 9.32 Å². The fraction of sp³-hybridized carbons (Fsp3) is 0.136. The molecule has 3 rings (SSSR count). The first-order valence-electron chi connectivity index (χ1n) is 8.62. The summed E-state index contributed by atoms with van der Waals surface area (Å²) in [6, 6.07) is 30.4. The first-order valence-corrected chi connectivity index (χ1v) is 11.6. The predicted octanol–water partition coefficient (Wildman–Crippen LogP) is 4.65. The van der Waals surface area contributed by atoms with E-state index in [1.54, 1.807) is 0 Å². The van der Waals surface area contributed by atoms with Crippen molar-refractivity contribution in [2.45, 2.75) is 17.3 Å². The van der Waals surface area contributed by atoms with Crippen molar-refractivity contribution in [1.82, 2.24) is 0 Å². The van der Waals surface area contributed by atoms with Crippen LogP contribution in [0.4, 0.5) is 0 Å². The summed E-state index contributed by atoms with van der Waals surface area (Å²) in [5.41, 5.74) is 0. The average molecular weight is 475 g/mol.